The molecule has 3 atom stereocenters. The molecular formula is C58H111N2O7P. The SMILES string of the molecule is CCCCC/C=C/C=C/CCCCCCCCC(=O)OC(/C=C/CCCCCCCCCCCC)C(COP(=O)([O-])OCC[N+](C)(C)C)NC(=O)CCCCCCCCCCCCCCCCC. The van der Waals surface area contributed by atoms with Gasteiger partial charge in [0.1, 0.15) is 19.3 Å². The van der Waals surface area contributed by atoms with Crippen LogP contribution < -0.4 is 10.2 Å². The summed E-state index contributed by atoms with van der Waals surface area (Å²) >= 11 is 0. The third-order valence-electron chi connectivity index (χ3n) is 12.9. The molecule has 0 saturated heterocycles. The molecule has 3 unspecified atom stereocenters. The third kappa shape index (κ3) is 49.2. The van der Waals surface area contributed by atoms with E-state index < -0.39 is 20.0 Å². The molecule has 9 nitrogen and oxygen atoms in total. The molecule has 0 radical (unpaired) electrons. The minimum Gasteiger partial charge on any atom is -0.756 e. The van der Waals surface area contributed by atoms with Gasteiger partial charge in [0.05, 0.1) is 33.8 Å². The van der Waals surface area contributed by atoms with Gasteiger partial charge in [-0.2, -0.15) is 0 Å². The normalized spacial score (nSPS) is 14.0. The Kier molecular flexibility index (Phi) is 47.6. The number of esters is 1. The van der Waals surface area contributed by atoms with E-state index in [1.165, 1.54) is 161 Å². The van der Waals surface area contributed by atoms with Crippen molar-refractivity contribution < 1.29 is 37.3 Å². The predicted molar refractivity (Wildman–Crippen MR) is 289 cm³/mol. The monoisotopic (exact) mass is 979 g/mol. The van der Waals surface area contributed by atoms with Crippen molar-refractivity contribution in [3.05, 3.63) is 36.5 Å². The topological polar surface area (TPSA) is 114 Å². The van der Waals surface area contributed by atoms with E-state index in [0.717, 1.165) is 77.0 Å². The Hall–Kier alpha value is -1.77. The van der Waals surface area contributed by atoms with Crippen LogP contribution in [0.15, 0.2) is 36.5 Å². The Balaban J connectivity index is 5.35. The number of allylic oxidation sites excluding steroid dienone is 5. The summed E-state index contributed by atoms with van der Waals surface area (Å²) in [6.07, 6.45) is 56.7. The fourth-order valence-electron chi connectivity index (χ4n) is 8.34. The van der Waals surface area contributed by atoms with Gasteiger partial charge in [0.2, 0.25) is 5.91 Å². The molecule has 0 aliphatic carbocycles. The molecule has 0 aromatic heterocycles. The van der Waals surface area contributed by atoms with Gasteiger partial charge in [-0.05, 0) is 57.4 Å². The number of hydrogen-bond acceptors (Lipinski definition) is 7. The summed E-state index contributed by atoms with van der Waals surface area (Å²) in [5, 5.41) is 3.02. The third-order valence-corrected chi connectivity index (χ3v) is 13.8. The van der Waals surface area contributed by atoms with E-state index in [1.807, 2.05) is 33.3 Å². The van der Waals surface area contributed by atoms with Gasteiger partial charge in [-0.25, -0.2) is 0 Å². The maximum Gasteiger partial charge on any atom is 0.306 e. The van der Waals surface area contributed by atoms with E-state index >= 15 is 0 Å². The number of ether oxygens (including phenoxy) is 1. The van der Waals surface area contributed by atoms with Crippen molar-refractivity contribution in [1.29, 1.82) is 0 Å². The first kappa shape index (κ1) is 66.2. The van der Waals surface area contributed by atoms with Gasteiger partial charge in [0, 0.05) is 12.8 Å². The molecule has 400 valence electrons. The number of likely N-dealkylation sites (N-methyl/N-ethyl adjacent to an activating group) is 1. The highest BCUT2D eigenvalue weighted by atomic mass is 31.2. The first-order valence-corrected chi connectivity index (χ1v) is 30.3. The molecule has 10 heteroatoms. The molecule has 0 aliphatic heterocycles. The van der Waals surface area contributed by atoms with Gasteiger partial charge in [-0.3, -0.25) is 14.2 Å². The summed E-state index contributed by atoms with van der Waals surface area (Å²) in [6, 6.07) is -0.887. The number of carbonyl (C=O) groups excluding carboxylic acids is 2. The Morgan fingerprint density at radius 3 is 1.32 bits per heavy atom. The van der Waals surface area contributed by atoms with Gasteiger partial charge in [-0.1, -0.05) is 237 Å². The maximum absolute atomic E-state index is 13.5. The van der Waals surface area contributed by atoms with Crippen LogP contribution in [0.5, 0.6) is 0 Å². The van der Waals surface area contributed by atoms with Crippen LogP contribution in [0.2, 0.25) is 0 Å². The molecule has 0 saturated carbocycles. The number of rotatable bonds is 52. The van der Waals surface area contributed by atoms with Gasteiger partial charge < -0.3 is 28.5 Å². The highest BCUT2D eigenvalue weighted by Gasteiger charge is 2.27. The maximum atomic E-state index is 13.5. The van der Waals surface area contributed by atoms with Crippen LogP contribution in [0.3, 0.4) is 0 Å². The van der Waals surface area contributed by atoms with Crippen LogP contribution in [0.1, 0.15) is 271 Å². The number of phosphoric acid groups is 1. The van der Waals surface area contributed by atoms with E-state index in [2.05, 4.69) is 50.4 Å². The highest BCUT2D eigenvalue weighted by molar-refractivity contribution is 7.45. The molecule has 1 N–H and O–H groups in total. The molecule has 0 fully saturated rings. The summed E-state index contributed by atoms with van der Waals surface area (Å²) in [5.41, 5.74) is 0. The second kappa shape index (κ2) is 48.8. The zero-order valence-corrected chi connectivity index (χ0v) is 46.5. The van der Waals surface area contributed by atoms with Crippen molar-refractivity contribution in [2.75, 3.05) is 40.9 Å². The number of amides is 1. The van der Waals surface area contributed by atoms with E-state index in [0.29, 0.717) is 17.4 Å². The minimum atomic E-state index is -4.69. The molecule has 0 rings (SSSR count). The molecule has 68 heavy (non-hydrogen) atoms. The number of nitrogens with zero attached hydrogens (tertiary/aromatic N) is 1. The van der Waals surface area contributed by atoms with Crippen LogP contribution in [0.4, 0.5) is 0 Å². The lowest BCUT2D eigenvalue weighted by Gasteiger charge is -2.30. The molecule has 0 bridgehead atoms. The number of nitrogens with one attached hydrogen (secondary N) is 1. The van der Waals surface area contributed by atoms with E-state index in [-0.39, 0.29) is 31.5 Å². The number of unbranched alkanes of at least 4 members (excludes halogenated alkanes) is 33. The highest BCUT2D eigenvalue weighted by Crippen LogP contribution is 2.38. The van der Waals surface area contributed by atoms with Crippen LogP contribution in [0.25, 0.3) is 0 Å². The van der Waals surface area contributed by atoms with Crippen molar-refractivity contribution in [3.63, 3.8) is 0 Å². The second-order valence-corrected chi connectivity index (χ2v) is 22.2. The quantitative estimate of drug-likeness (QED) is 0.0161. The fraction of sp³-hybridized carbons (Fsp3) is 0.862. The lowest BCUT2D eigenvalue weighted by atomic mass is 10.0. The number of hydrogen-bond donors (Lipinski definition) is 1. The molecule has 0 aliphatic rings. The standard InChI is InChI=1S/C58H111N2O7P/c1-7-10-13-16-19-22-25-28-30-32-35-38-41-44-47-50-57(61)59-55(54-66-68(63,64)65-53-52-60(4,5)6)56(49-46-43-40-37-34-27-24-21-18-15-12-9-3)67-58(62)51-48-45-42-39-36-33-31-29-26-23-20-17-14-11-8-2/h20,23,26,29,46,49,55-56H,7-19,21-22,24-25,27-28,30-45,47-48,50-54H2,1-6H3,(H-,59,61,63,64)/b23-20+,29-26+,49-46+. The largest absolute Gasteiger partial charge is 0.756 e. The average Bonchev–Trinajstić information content (AvgIpc) is 3.29. The molecule has 0 aromatic carbocycles. The van der Waals surface area contributed by atoms with Crippen molar-refractivity contribution in [2.24, 2.45) is 0 Å². The zero-order valence-electron chi connectivity index (χ0n) is 45.6. The van der Waals surface area contributed by atoms with Gasteiger partial charge in [0.25, 0.3) is 7.82 Å². The summed E-state index contributed by atoms with van der Waals surface area (Å²) in [4.78, 5) is 39.8. The van der Waals surface area contributed by atoms with Crippen molar-refractivity contribution in [2.45, 2.75) is 283 Å². The second-order valence-electron chi connectivity index (χ2n) is 20.8. The summed E-state index contributed by atoms with van der Waals surface area (Å²) in [5.74, 6) is -0.545. The average molecular weight is 980 g/mol. The van der Waals surface area contributed by atoms with Crippen LogP contribution in [-0.4, -0.2) is 69.4 Å². The predicted octanol–water partition coefficient (Wildman–Crippen LogP) is 16.5. The Bertz CT molecular complexity index is 1270. The smallest absolute Gasteiger partial charge is 0.306 e. The molecule has 1 amide bonds. The summed E-state index contributed by atoms with van der Waals surface area (Å²) < 4.78 is 30.2. The number of phosphoric ester groups is 1. The lowest BCUT2D eigenvalue weighted by Crippen LogP contribution is -2.47. The van der Waals surface area contributed by atoms with Crippen molar-refractivity contribution in [3.8, 4) is 0 Å². The van der Waals surface area contributed by atoms with E-state index in [4.69, 9.17) is 13.8 Å². The fourth-order valence-corrected chi connectivity index (χ4v) is 9.06. The number of quaternary nitrogens is 1. The molecular weight excluding hydrogens is 868 g/mol. The summed E-state index contributed by atoms with van der Waals surface area (Å²) in [6.45, 7) is 6.82. The van der Waals surface area contributed by atoms with Crippen molar-refractivity contribution >= 4 is 19.7 Å². The van der Waals surface area contributed by atoms with Crippen molar-refractivity contribution in [1.82, 2.24) is 5.32 Å². The molecule has 0 heterocycles. The van der Waals surface area contributed by atoms with Gasteiger partial charge in [-0.15, -0.1) is 0 Å². The van der Waals surface area contributed by atoms with Gasteiger partial charge >= 0.3 is 5.97 Å². The van der Waals surface area contributed by atoms with Crippen LogP contribution >= 0.6 is 7.82 Å². The lowest BCUT2D eigenvalue weighted by molar-refractivity contribution is -0.870. The van der Waals surface area contributed by atoms with E-state index in [9.17, 15) is 19.0 Å². The first-order chi connectivity index (χ1) is 32.9. The first-order valence-electron chi connectivity index (χ1n) is 28.8. The number of carbonyl (C=O) groups is 2. The summed E-state index contributed by atoms with van der Waals surface area (Å²) in [7, 11) is 1.19. The Morgan fingerprint density at radius 2 is 0.882 bits per heavy atom. The molecule has 0 spiro atoms. The van der Waals surface area contributed by atoms with Crippen LogP contribution in [-0.2, 0) is 27.9 Å². The minimum absolute atomic E-state index is 0.0223. The Morgan fingerprint density at radius 1 is 0.515 bits per heavy atom. The molecule has 0 aromatic rings. The zero-order chi connectivity index (χ0) is 50.1. The van der Waals surface area contributed by atoms with Crippen LogP contribution in [0, 0.1) is 0 Å². The Labute approximate surface area is 421 Å². The van der Waals surface area contributed by atoms with Gasteiger partial charge in [0.15, 0.2) is 0 Å². The van der Waals surface area contributed by atoms with E-state index in [1.54, 1.807) is 0 Å².